The Balaban J connectivity index is 2.24. The second kappa shape index (κ2) is 3.76. The predicted octanol–water partition coefficient (Wildman–Crippen LogP) is 0.629. The van der Waals surface area contributed by atoms with Crippen LogP contribution in [0, 0.1) is 13.8 Å². The normalized spacial score (nSPS) is 10.6. The first-order chi connectivity index (χ1) is 7.58. The first-order valence-corrected chi connectivity index (χ1v) is 4.63. The van der Waals surface area contributed by atoms with Crippen molar-refractivity contribution in [2.45, 2.75) is 20.4 Å². The first kappa shape index (κ1) is 10.3. The molecule has 0 fully saturated rings. The van der Waals surface area contributed by atoms with E-state index in [-0.39, 0.29) is 5.69 Å². The second-order valence-electron chi connectivity index (χ2n) is 3.41. The van der Waals surface area contributed by atoms with E-state index in [0.29, 0.717) is 12.3 Å². The highest BCUT2D eigenvalue weighted by atomic mass is 16.5. The lowest BCUT2D eigenvalue weighted by molar-refractivity contribution is 0.0690. The molecule has 2 heterocycles. The van der Waals surface area contributed by atoms with Gasteiger partial charge in [0.05, 0.1) is 18.4 Å². The summed E-state index contributed by atoms with van der Waals surface area (Å²) >= 11 is 0. The molecule has 0 unspecified atom stereocenters. The van der Waals surface area contributed by atoms with Gasteiger partial charge in [0.1, 0.15) is 5.76 Å². The summed E-state index contributed by atoms with van der Waals surface area (Å²) in [6.07, 6.45) is 1.37. The molecule has 0 aliphatic rings. The fraction of sp³-hybridized carbons (Fsp3) is 0.333. The van der Waals surface area contributed by atoms with E-state index in [2.05, 4.69) is 15.5 Å². The van der Waals surface area contributed by atoms with Gasteiger partial charge >= 0.3 is 5.97 Å². The molecule has 0 atom stereocenters. The number of rotatable bonds is 3. The highest BCUT2D eigenvalue weighted by Gasteiger charge is 2.12. The van der Waals surface area contributed by atoms with Crippen LogP contribution in [0.2, 0.25) is 0 Å². The topological polar surface area (TPSA) is 94.0 Å². The Morgan fingerprint density at radius 3 is 2.81 bits per heavy atom. The van der Waals surface area contributed by atoms with Crippen LogP contribution in [0.5, 0.6) is 0 Å². The summed E-state index contributed by atoms with van der Waals surface area (Å²) < 4.78 is 6.43. The minimum Gasteiger partial charge on any atom is -0.476 e. The van der Waals surface area contributed by atoms with E-state index in [0.717, 1.165) is 11.3 Å². The molecule has 0 amide bonds. The maximum Gasteiger partial charge on any atom is 0.358 e. The fourth-order valence-corrected chi connectivity index (χ4v) is 1.36. The Bertz CT molecular complexity index is 509. The van der Waals surface area contributed by atoms with Gasteiger partial charge < -0.3 is 9.63 Å². The van der Waals surface area contributed by atoms with Crippen LogP contribution in [0.3, 0.4) is 0 Å². The van der Waals surface area contributed by atoms with E-state index < -0.39 is 5.97 Å². The number of carboxylic acid groups (broad SMARTS) is 1. The van der Waals surface area contributed by atoms with Crippen molar-refractivity contribution in [2.24, 2.45) is 0 Å². The summed E-state index contributed by atoms with van der Waals surface area (Å²) in [5.41, 5.74) is 1.58. The summed E-state index contributed by atoms with van der Waals surface area (Å²) in [6, 6.07) is 0. The molecule has 2 aromatic rings. The Hall–Kier alpha value is -2.18. The molecule has 7 nitrogen and oxygen atoms in total. The zero-order valence-electron chi connectivity index (χ0n) is 8.84. The number of carboxylic acids is 1. The van der Waals surface area contributed by atoms with Gasteiger partial charge in [-0.05, 0) is 13.8 Å². The van der Waals surface area contributed by atoms with Crippen LogP contribution in [0.1, 0.15) is 27.5 Å². The standard InChI is InChI=1S/C9H10N4O3/c1-5-7(6(2)16-11-5)3-13-4-8(9(14)15)10-12-13/h4H,3H2,1-2H3,(H,14,15). The van der Waals surface area contributed by atoms with Crippen LogP contribution < -0.4 is 0 Å². The molecular formula is C9H10N4O3. The van der Waals surface area contributed by atoms with Crippen molar-refractivity contribution in [1.82, 2.24) is 20.2 Å². The summed E-state index contributed by atoms with van der Waals surface area (Å²) in [6.45, 7) is 4.02. The van der Waals surface area contributed by atoms with E-state index in [1.165, 1.54) is 10.9 Å². The third-order valence-electron chi connectivity index (χ3n) is 2.26. The van der Waals surface area contributed by atoms with E-state index in [4.69, 9.17) is 9.63 Å². The van der Waals surface area contributed by atoms with Crippen LogP contribution in [-0.2, 0) is 6.54 Å². The van der Waals surface area contributed by atoms with Crippen molar-refractivity contribution in [3.05, 3.63) is 28.9 Å². The monoisotopic (exact) mass is 222 g/mol. The zero-order chi connectivity index (χ0) is 11.7. The molecule has 2 rings (SSSR count). The fourth-order valence-electron chi connectivity index (χ4n) is 1.36. The molecule has 2 aromatic heterocycles. The number of hydrogen-bond acceptors (Lipinski definition) is 5. The van der Waals surface area contributed by atoms with Crippen LogP contribution in [-0.4, -0.2) is 31.2 Å². The van der Waals surface area contributed by atoms with Crippen molar-refractivity contribution in [1.29, 1.82) is 0 Å². The molecule has 0 radical (unpaired) electrons. The summed E-state index contributed by atoms with van der Waals surface area (Å²) in [5, 5.41) is 19.7. The van der Waals surface area contributed by atoms with E-state index >= 15 is 0 Å². The third-order valence-corrected chi connectivity index (χ3v) is 2.26. The van der Waals surface area contributed by atoms with Gasteiger partial charge in [-0.25, -0.2) is 9.48 Å². The van der Waals surface area contributed by atoms with Gasteiger partial charge in [0.2, 0.25) is 0 Å². The summed E-state index contributed by atoms with van der Waals surface area (Å²) in [5.74, 6) is -0.394. The lowest BCUT2D eigenvalue weighted by atomic mass is 10.2. The Morgan fingerprint density at radius 2 is 2.31 bits per heavy atom. The van der Waals surface area contributed by atoms with E-state index in [1.807, 2.05) is 6.92 Å². The van der Waals surface area contributed by atoms with Gasteiger partial charge in [-0.3, -0.25) is 0 Å². The average Bonchev–Trinajstić information content (AvgIpc) is 2.80. The maximum atomic E-state index is 10.6. The minimum absolute atomic E-state index is 0.0771. The van der Waals surface area contributed by atoms with Crippen molar-refractivity contribution in [3.8, 4) is 0 Å². The van der Waals surface area contributed by atoms with Gasteiger partial charge in [0, 0.05) is 5.56 Å². The molecule has 0 aliphatic heterocycles. The van der Waals surface area contributed by atoms with Crippen molar-refractivity contribution in [3.63, 3.8) is 0 Å². The quantitative estimate of drug-likeness (QED) is 0.818. The van der Waals surface area contributed by atoms with E-state index in [9.17, 15) is 4.79 Å². The lowest BCUT2D eigenvalue weighted by Crippen LogP contribution is -2.02. The van der Waals surface area contributed by atoms with Crippen molar-refractivity contribution in [2.75, 3.05) is 0 Å². The molecule has 0 saturated carbocycles. The second-order valence-corrected chi connectivity index (χ2v) is 3.41. The Labute approximate surface area is 90.7 Å². The number of hydrogen-bond donors (Lipinski definition) is 1. The van der Waals surface area contributed by atoms with Crippen LogP contribution in [0.15, 0.2) is 10.7 Å². The van der Waals surface area contributed by atoms with Crippen LogP contribution >= 0.6 is 0 Å². The highest BCUT2D eigenvalue weighted by molar-refractivity contribution is 5.84. The van der Waals surface area contributed by atoms with Gasteiger partial charge in [0.25, 0.3) is 0 Å². The molecular weight excluding hydrogens is 212 g/mol. The molecule has 0 saturated heterocycles. The third kappa shape index (κ3) is 1.79. The number of nitrogens with zero attached hydrogens (tertiary/aromatic N) is 4. The Kier molecular flexibility index (Phi) is 2.43. The number of aromatic carboxylic acids is 1. The molecule has 16 heavy (non-hydrogen) atoms. The highest BCUT2D eigenvalue weighted by Crippen LogP contribution is 2.13. The minimum atomic E-state index is -1.09. The van der Waals surface area contributed by atoms with Gasteiger partial charge in [-0.2, -0.15) is 0 Å². The number of aromatic nitrogens is 4. The molecule has 0 bridgehead atoms. The number of carbonyl (C=O) groups is 1. The van der Waals surface area contributed by atoms with Crippen LogP contribution in [0.25, 0.3) is 0 Å². The van der Waals surface area contributed by atoms with E-state index in [1.54, 1.807) is 6.92 Å². The molecule has 1 N–H and O–H groups in total. The van der Waals surface area contributed by atoms with Crippen molar-refractivity contribution < 1.29 is 14.4 Å². The van der Waals surface area contributed by atoms with Crippen molar-refractivity contribution >= 4 is 5.97 Å². The lowest BCUT2D eigenvalue weighted by Gasteiger charge is -1.98. The molecule has 0 aliphatic carbocycles. The Morgan fingerprint density at radius 1 is 1.56 bits per heavy atom. The smallest absolute Gasteiger partial charge is 0.358 e. The van der Waals surface area contributed by atoms with Gasteiger partial charge in [-0.15, -0.1) is 5.10 Å². The number of aryl methyl sites for hydroxylation is 2. The molecule has 0 spiro atoms. The first-order valence-electron chi connectivity index (χ1n) is 4.63. The largest absolute Gasteiger partial charge is 0.476 e. The molecule has 0 aromatic carbocycles. The summed E-state index contributed by atoms with van der Waals surface area (Å²) in [4.78, 5) is 10.6. The van der Waals surface area contributed by atoms with Gasteiger partial charge in [0.15, 0.2) is 5.69 Å². The maximum absolute atomic E-state index is 10.6. The SMILES string of the molecule is Cc1noc(C)c1Cn1cc(C(=O)O)nn1. The molecule has 84 valence electrons. The van der Waals surface area contributed by atoms with Gasteiger partial charge in [-0.1, -0.05) is 10.4 Å². The summed E-state index contributed by atoms with van der Waals surface area (Å²) in [7, 11) is 0. The average molecular weight is 222 g/mol. The molecule has 7 heteroatoms. The van der Waals surface area contributed by atoms with Crippen LogP contribution in [0.4, 0.5) is 0 Å². The predicted molar refractivity (Wildman–Crippen MR) is 52.1 cm³/mol. The zero-order valence-corrected chi connectivity index (χ0v) is 8.84.